The Balaban J connectivity index is -0.000000116. The summed E-state index contributed by atoms with van der Waals surface area (Å²) >= 11 is 0. The van der Waals surface area contributed by atoms with Gasteiger partial charge in [0.2, 0.25) is 0 Å². The van der Waals surface area contributed by atoms with Crippen molar-refractivity contribution in [2.75, 3.05) is 28.2 Å². The van der Waals surface area contributed by atoms with Gasteiger partial charge < -0.3 is 48.2 Å². The van der Waals surface area contributed by atoms with Crippen molar-refractivity contribution in [2.45, 2.75) is 0 Å². The summed E-state index contributed by atoms with van der Waals surface area (Å²) in [6, 6.07) is 0. The summed E-state index contributed by atoms with van der Waals surface area (Å²) in [6.45, 7) is 0. The van der Waals surface area contributed by atoms with E-state index in [-0.39, 0.29) is 47.9 Å². The number of nitrogens with one attached hydrogen (secondary N) is 4. The van der Waals surface area contributed by atoms with E-state index < -0.39 is 0 Å². The first-order chi connectivity index (χ1) is 8.07. The smallest absolute Gasteiger partial charge is 0.131 e. The molecule has 0 atom stereocenters. The van der Waals surface area contributed by atoms with Crippen LogP contribution in [0.4, 0.5) is 0 Å². The van der Waals surface area contributed by atoms with Gasteiger partial charge in [-0.3, -0.25) is 10.8 Å². The average Bonchev–Trinajstić information content (AvgIpc) is 2.16. The summed E-state index contributed by atoms with van der Waals surface area (Å²) < 4.78 is 0. The van der Waals surface area contributed by atoms with Gasteiger partial charge in [-0.1, -0.05) is 0 Å². The van der Waals surface area contributed by atoms with Crippen molar-refractivity contribution in [1.29, 1.82) is 10.8 Å². The topological polar surface area (TPSA) is 206 Å². The van der Waals surface area contributed by atoms with Crippen LogP contribution in [-0.2, 0) is 18.6 Å². The first-order valence-corrected chi connectivity index (χ1v) is 4.76. The molecule has 0 fully saturated rings. The molecule has 0 heterocycles. The zero-order chi connectivity index (χ0) is 14.9. The van der Waals surface area contributed by atoms with Crippen molar-refractivity contribution >= 4 is 23.8 Å². The molecule has 0 spiro atoms. The first kappa shape index (κ1) is 26.6. The molecule has 0 saturated heterocycles. The molecule has 0 aliphatic carbocycles. The molecule has 0 saturated carbocycles. The maximum atomic E-state index is 8.81. The Kier molecular flexibility index (Phi) is 17.9. The van der Waals surface area contributed by atoms with Crippen molar-refractivity contribution in [1.82, 2.24) is 20.4 Å². The molecule has 10 N–H and O–H groups in total. The molecular weight excluding hydrogens is 303 g/mol. The van der Waals surface area contributed by atoms with E-state index in [0.29, 0.717) is 0 Å². The SMILES string of the molecule is CN(C)C(=[N-])NC(=N)N.CN(C)C(=[N-])NC(=N)N.O.[V]. The van der Waals surface area contributed by atoms with Crippen LogP contribution >= 0.6 is 0 Å². The fourth-order valence-corrected chi connectivity index (χ4v) is 0.465. The number of hydrogen-bond donors (Lipinski definition) is 6. The van der Waals surface area contributed by atoms with Crippen LogP contribution in [0.3, 0.4) is 0 Å². The third-order valence-electron chi connectivity index (χ3n) is 1.34. The molecule has 20 heavy (non-hydrogen) atoms. The Bertz CT molecular complexity index is 297. The van der Waals surface area contributed by atoms with Crippen molar-refractivity contribution < 1.29 is 24.0 Å². The van der Waals surface area contributed by atoms with E-state index in [1.807, 2.05) is 0 Å². The normalized spacial score (nSPS) is 7.40. The molecule has 0 aromatic rings. The molecule has 11 nitrogen and oxygen atoms in total. The van der Waals surface area contributed by atoms with Crippen LogP contribution in [0.2, 0.25) is 0 Å². The summed E-state index contributed by atoms with van der Waals surface area (Å²) in [5, 5.41) is 35.4. The van der Waals surface area contributed by atoms with Gasteiger partial charge in [-0.25, -0.2) is 0 Å². The summed E-state index contributed by atoms with van der Waals surface area (Å²) in [7, 11) is 6.52. The van der Waals surface area contributed by atoms with Crippen LogP contribution in [0.1, 0.15) is 0 Å². The van der Waals surface area contributed by atoms with E-state index in [2.05, 4.69) is 10.6 Å². The van der Waals surface area contributed by atoms with Gasteiger partial charge in [0.1, 0.15) is 11.9 Å². The minimum absolute atomic E-state index is 0. The van der Waals surface area contributed by atoms with Gasteiger partial charge in [-0.15, -0.1) is 0 Å². The van der Waals surface area contributed by atoms with Gasteiger partial charge in [0.25, 0.3) is 0 Å². The monoisotopic (exact) mass is 325 g/mol. The average molecular weight is 325 g/mol. The molecule has 0 bridgehead atoms. The van der Waals surface area contributed by atoms with Crippen LogP contribution in [0.25, 0.3) is 10.8 Å². The maximum absolute atomic E-state index is 8.81. The standard InChI is InChI=1S/2C4H10N5.H2O.V/c2*1-9(2)4(7)8-3(5)6;;/h2*1-2H3,(H4-,5,6,7,8);1H2;/q2*-1;;. The minimum atomic E-state index is -0.277. The van der Waals surface area contributed by atoms with Gasteiger partial charge in [-0.05, 0) is 28.2 Å². The van der Waals surface area contributed by atoms with E-state index in [1.54, 1.807) is 28.2 Å². The quantitative estimate of drug-likeness (QED) is 0.203. The molecule has 0 amide bonds. The zero-order valence-electron chi connectivity index (χ0n) is 11.9. The third-order valence-corrected chi connectivity index (χ3v) is 1.34. The number of rotatable bonds is 0. The second kappa shape index (κ2) is 13.5. The van der Waals surface area contributed by atoms with Gasteiger partial charge >= 0.3 is 0 Å². The van der Waals surface area contributed by atoms with Crippen LogP contribution in [0.15, 0.2) is 0 Å². The Hall–Kier alpha value is -1.98. The third kappa shape index (κ3) is 18.4. The van der Waals surface area contributed by atoms with E-state index in [1.165, 1.54) is 9.80 Å². The zero-order valence-corrected chi connectivity index (χ0v) is 13.3. The molecule has 12 heteroatoms. The largest absolute Gasteiger partial charge is 0.432 e. The van der Waals surface area contributed by atoms with Crippen molar-refractivity contribution in [3.63, 3.8) is 0 Å². The molecule has 117 valence electrons. The number of nitrogens with zero attached hydrogens (tertiary/aromatic N) is 4. The van der Waals surface area contributed by atoms with Gasteiger partial charge in [0, 0.05) is 30.5 Å². The molecule has 0 aliphatic heterocycles. The van der Waals surface area contributed by atoms with Crippen molar-refractivity contribution in [3.05, 3.63) is 10.8 Å². The summed E-state index contributed by atoms with van der Waals surface area (Å²) in [5.41, 5.74) is 9.79. The number of hydrogen-bond acceptors (Lipinski definition) is 2. The Morgan fingerprint density at radius 2 is 1.05 bits per heavy atom. The van der Waals surface area contributed by atoms with Gasteiger partial charge in [0.15, 0.2) is 0 Å². The minimum Gasteiger partial charge on any atom is -0.432 e. The molecule has 0 unspecified atom stereocenters. The Labute approximate surface area is 130 Å². The van der Waals surface area contributed by atoms with Crippen LogP contribution in [-0.4, -0.2) is 67.3 Å². The van der Waals surface area contributed by atoms with Gasteiger partial charge in [0.05, 0.1) is 0 Å². The van der Waals surface area contributed by atoms with Crippen LogP contribution < -0.4 is 22.1 Å². The summed E-state index contributed by atoms with van der Waals surface area (Å²) in [4.78, 5) is 2.81. The maximum Gasteiger partial charge on any atom is 0.131 e. The second-order valence-corrected chi connectivity index (χ2v) is 3.51. The van der Waals surface area contributed by atoms with E-state index >= 15 is 0 Å². The fourth-order valence-electron chi connectivity index (χ4n) is 0.465. The molecule has 0 aliphatic rings. The predicted octanol–water partition coefficient (Wildman–Crippen LogP) is -2.91. The van der Waals surface area contributed by atoms with Crippen LogP contribution in [0.5, 0.6) is 0 Å². The Morgan fingerprint density at radius 3 is 1.10 bits per heavy atom. The van der Waals surface area contributed by atoms with Crippen molar-refractivity contribution in [3.8, 4) is 0 Å². The van der Waals surface area contributed by atoms with E-state index in [9.17, 15) is 0 Å². The second-order valence-electron chi connectivity index (χ2n) is 3.51. The molecule has 1 radical (unpaired) electrons. The summed E-state index contributed by atoms with van der Waals surface area (Å²) in [6.07, 6.45) is 0. The molecule has 0 aromatic carbocycles. The van der Waals surface area contributed by atoms with Crippen LogP contribution in [0, 0.1) is 10.8 Å². The Morgan fingerprint density at radius 1 is 0.850 bits per heavy atom. The first-order valence-electron chi connectivity index (χ1n) is 4.76. The number of nitrogens with two attached hydrogens (primary N) is 2. The van der Waals surface area contributed by atoms with Crippen molar-refractivity contribution in [2.24, 2.45) is 11.5 Å². The predicted molar refractivity (Wildman–Crippen MR) is 77.8 cm³/mol. The molecule has 0 rings (SSSR count). The van der Waals surface area contributed by atoms with Gasteiger partial charge in [-0.2, -0.15) is 0 Å². The summed E-state index contributed by atoms with van der Waals surface area (Å²) in [5.74, 6) is -0.826. The molecular formula is C8H22N10OV-2. The van der Waals surface area contributed by atoms with E-state index in [4.69, 9.17) is 33.1 Å². The molecule has 0 aromatic heterocycles. The van der Waals surface area contributed by atoms with E-state index in [0.717, 1.165) is 0 Å². The fraction of sp³-hybridized carbons (Fsp3) is 0.500. The number of guanidine groups is 4.